The highest BCUT2D eigenvalue weighted by Crippen LogP contribution is 2.17. The van der Waals surface area contributed by atoms with Gasteiger partial charge in [-0.15, -0.1) is 0 Å². The molecule has 2 heterocycles. The molecule has 0 amide bonds. The highest BCUT2D eigenvalue weighted by molar-refractivity contribution is 5.26. The van der Waals surface area contributed by atoms with Gasteiger partial charge in [-0.3, -0.25) is 4.98 Å². The molecule has 0 spiro atoms. The second kappa shape index (κ2) is 5.86. The lowest BCUT2D eigenvalue weighted by atomic mass is 10.0. The fourth-order valence-electron chi connectivity index (χ4n) is 1.68. The Hall–Kier alpha value is -0.890. The van der Waals surface area contributed by atoms with Crippen LogP contribution in [-0.4, -0.2) is 11.5 Å². The number of nitrogens with zero attached hydrogens (tertiary/aromatic N) is 1. The molecule has 1 N–H and O–H groups in total. The summed E-state index contributed by atoms with van der Waals surface area (Å²) < 4.78 is 0. The topological polar surface area (TPSA) is 24.9 Å². The largest absolute Gasteiger partial charge is 0.311 e. The predicted octanol–water partition coefficient (Wildman–Crippen LogP) is 2.88. The molecular formula is C13H22N2. The van der Waals surface area contributed by atoms with Crippen LogP contribution in [0, 0.1) is 0 Å². The second-order valence-corrected chi connectivity index (χ2v) is 3.92. The van der Waals surface area contributed by atoms with E-state index in [0.717, 1.165) is 19.5 Å². The van der Waals surface area contributed by atoms with Gasteiger partial charge in [0.1, 0.15) is 0 Å². The Balaban J connectivity index is 0.000000531. The van der Waals surface area contributed by atoms with E-state index < -0.39 is 0 Å². The molecule has 2 rings (SSSR count). The lowest BCUT2D eigenvalue weighted by molar-refractivity contribution is 0.620. The number of hydrogen-bond donors (Lipinski definition) is 1. The fourth-order valence-corrected chi connectivity index (χ4v) is 1.68. The molecule has 0 atom stereocenters. The molecule has 1 aliphatic rings. The van der Waals surface area contributed by atoms with Crippen molar-refractivity contribution in [2.24, 2.45) is 0 Å². The molecule has 0 unspecified atom stereocenters. The number of pyridine rings is 1. The highest BCUT2D eigenvalue weighted by atomic mass is 14.9. The Morgan fingerprint density at radius 2 is 2.00 bits per heavy atom. The summed E-state index contributed by atoms with van der Waals surface area (Å²) in [4.78, 5) is 4.65. The Labute approximate surface area is 93.1 Å². The molecule has 0 aliphatic carbocycles. The Morgan fingerprint density at radius 1 is 1.27 bits per heavy atom. The van der Waals surface area contributed by atoms with Crippen LogP contribution >= 0.6 is 0 Å². The van der Waals surface area contributed by atoms with Gasteiger partial charge in [0.15, 0.2) is 0 Å². The molecule has 0 aromatic carbocycles. The van der Waals surface area contributed by atoms with E-state index >= 15 is 0 Å². The molecule has 2 heteroatoms. The molecule has 0 saturated heterocycles. The van der Waals surface area contributed by atoms with E-state index in [-0.39, 0.29) is 0 Å². The van der Waals surface area contributed by atoms with Gasteiger partial charge in [-0.25, -0.2) is 0 Å². The van der Waals surface area contributed by atoms with Gasteiger partial charge >= 0.3 is 0 Å². The standard InChI is InChI=1S/C11H16N2.C2H6/c1-8(2)10-4-3-9-5-6-12-7-11(9)13-10;1-2/h3-4,8,12H,5-7H2,1-2H3;1-2H3. The van der Waals surface area contributed by atoms with Crippen LogP contribution in [0.15, 0.2) is 12.1 Å². The van der Waals surface area contributed by atoms with Crippen molar-refractivity contribution >= 4 is 0 Å². The summed E-state index contributed by atoms with van der Waals surface area (Å²) in [6.45, 7) is 10.4. The van der Waals surface area contributed by atoms with Gasteiger partial charge in [-0.05, 0) is 30.5 Å². The summed E-state index contributed by atoms with van der Waals surface area (Å²) in [5.74, 6) is 0.534. The summed E-state index contributed by atoms with van der Waals surface area (Å²) >= 11 is 0. The molecule has 2 nitrogen and oxygen atoms in total. The van der Waals surface area contributed by atoms with Crippen molar-refractivity contribution in [2.45, 2.75) is 46.6 Å². The SMILES string of the molecule is CC.CC(C)c1ccc2c(n1)CNCC2. The summed E-state index contributed by atoms with van der Waals surface area (Å²) in [5.41, 5.74) is 3.88. The van der Waals surface area contributed by atoms with Crippen molar-refractivity contribution in [2.75, 3.05) is 6.54 Å². The normalized spacial score (nSPS) is 14.2. The summed E-state index contributed by atoms with van der Waals surface area (Å²) in [7, 11) is 0. The van der Waals surface area contributed by atoms with E-state index in [1.165, 1.54) is 17.0 Å². The smallest absolute Gasteiger partial charge is 0.0577 e. The van der Waals surface area contributed by atoms with Crippen molar-refractivity contribution in [1.29, 1.82) is 0 Å². The minimum absolute atomic E-state index is 0.534. The van der Waals surface area contributed by atoms with Crippen molar-refractivity contribution in [1.82, 2.24) is 10.3 Å². The third-order valence-electron chi connectivity index (χ3n) is 2.55. The summed E-state index contributed by atoms with van der Waals surface area (Å²) in [6, 6.07) is 4.40. The molecular weight excluding hydrogens is 184 g/mol. The van der Waals surface area contributed by atoms with Crippen molar-refractivity contribution in [3.63, 3.8) is 0 Å². The zero-order valence-electron chi connectivity index (χ0n) is 10.3. The number of aromatic nitrogens is 1. The first kappa shape index (κ1) is 12.2. The van der Waals surface area contributed by atoms with Gasteiger partial charge in [0.2, 0.25) is 0 Å². The van der Waals surface area contributed by atoms with Crippen LogP contribution in [-0.2, 0) is 13.0 Å². The van der Waals surface area contributed by atoms with Crippen LogP contribution in [0.1, 0.15) is 50.6 Å². The van der Waals surface area contributed by atoms with Crippen molar-refractivity contribution < 1.29 is 0 Å². The lowest BCUT2D eigenvalue weighted by Gasteiger charge is -2.17. The molecule has 0 bridgehead atoms. The van der Waals surface area contributed by atoms with Gasteiger partial charge in [-0.1, -0.05) is 33.8 Å². The molecule has 1 aromatic rings. The van der Waals surface area contributed by atoms with E-state index in [9.17, 15) is 0 Å². The van der Waals surface area contributed by atoms with Gasteiger partial charge in [0.25, 0.3) is 0 Å². The molecule has 0 radical (unpaired) electrons. The number of hydrogen-bond acceptors (Lipinski definition) is 2. The van der Waals surface area contributed by atoms with Crippen molar-refractivity contribution in [3.05, 3.63) is 29.1 Å². The zero-order chi connectivity index (χ0) is 11.3. The first-order valence-corrected chi connectivity index (χ1v) is 5.97. The first-order valence-electron chi connectivity index (χ1n) is 5.97. The average Bonchev–Trinajstić information content (AvgIpc) is 2.31. The monoisotopic (exact) mass is 206 g/mol. The second-order valence-electron chi connectivity index (χ2n) is 3.92. The minimum atomic E-state index is 0.534. The maximum absolute atomic E-state index is 4.65. The van der Waals surface area contributed by atoms with Crippen LogP contribution < -0.4 is 5.32 Å². The van der Waals surface area contributed by atoms with Crippen LogP contribution in [0.2, 0.25) is 0 Å². The van der Waals surface area contributed by atoms with Crippen LogP contribution in [0.4, 0.5) is 0 Å². The highest BCUT2D eigenvalue weighted by Gasteiger charge is 2.11. The van der Waals surface area contributed by atoms with E-state index in [2.05, 4.69) is 36.3 Å². The molecule has 1 aromatic heterocycles. The van der Waals surface area contributed by atoms with Crippen LogP contribution in [0.25, 0.3) is 0 Å². The maximum atomic E-state index is 4.65. The minimum Gasteiger partial charge on any atom is -0.311 e. The third kappa shape index (κ3) is 3.03. The molecule has 15 heavy (non-hydrogen) atoms. The Kier molecular flexibility index (Phi) is 4.76. The van der Waals surface area contributed by atoms with E-state index in [0.29, 0.717) is 5.92 Å². The lowest BCUT2D eigenvalue weighted by Crippen LogP contribution is -2.25. The molecule has 84 valence electrons. The number of nitrogens with one attached hydrogen (secondary N) is 1. The zero-order valence-corrected chi connectivity index (χ0v) is 10.3. The average molecular weight is 206 g/mol. The Morgan fingerprint density at radius 3 is 2.67 bits per heavy atom. The quantitative estimate of drug-likeness (QED) is 0.764. The van der Waals surface area contributed by atoms with Gasteiger partial charge in [0, 0.05) is 12.2 Å². The van der Waals surface area contributed by atoms with Crippen LogP contribution in [0.5, 0.6) is 0 Å². The number of fused-ring (bicyclic) bond motifs is 1. The Bertz CT molecular complexity index is 305. The van der Waals surface area contributed by atoms with Crippen LogP contribution in [0.3, 0.4) is 0 Å². The van der Waals surface area contributed by atoms with Gasteiger partial charge < -0.3 is 5.32 Å². The first-order chi connectivity index (χ1) is 7.27. The molecule has 1 aliphatic heterocycles. The fraction of sp³-hybridized carbons (Fsp3) is 0.615. The maximum Gasteiger partial charge on any atom is 0.0577 e. The van der Waals surface area contributed by atoms with Crippen molar-refractivity contribution in [3.8, 4) is 0 Å². The predicted molar refractivity (Wildman–Crippen MR) is 65.1 cm³/mol. The van der Waals surface area contributed by atoms with Gasteiger partial charge in [-0.2, -0.15) is 0 Å². The molecule has 0 saturated carbocycles. The summed E-state index contributed by atoms with van der Waals surface area (Å²) in [6.07, 6.45) is 1.13. The number of rotatable bonds is 1. The summed E-state index contributed by atoms with van der Waals surface area (Å²) in [5, 5.41) is 3.34. The third-order valence-corrected chi connectivity index (χ3v) is 2.55. The van der Waals surface area contributed by atoms with E-state index in [4.69, 9.17) is 0 Å². The van der Waals surface area contributed by atoms with Gasteiger partial charge in [0.05, 0.1) is 5.69 Å². The van der Waals surface area contributed by atoms with E-state index in [1.807, 2.05) is 13.8 Å². The van der Waals surface area contributed by atoms with E-state index in [1.54, 1.807) is 0 Å². The molecule has 0 fully saturated rings.